The number of rotatable bonds is 4. The molecule has 7 nitrogen and oxygen atoms in total. The van der Waals surface area contributed by atoms with Gasteiger partial charge in [0.2, 0.25) is 5.91 Å². The van der Waals surface area contributed by atoms with Crippen LogP contribution < -0.4 is 11.0 Å². The summed E-state index contributed by atoms with van der Waals surface area (Å²) in [4.78, 5) is 32.2. The second-order valence-electron chi connectivity index (χ2n) is 7.18. The molecule has 0 saturated heterocycles. The molecular formula is C19H22BrN5O2S. The van der Waals surface area contributed by atoms with Gasteiger partial charge in [-0.05, 0) is 67.9 Å². The van der Waals surface area contributed by atoms with E-state index in [-0.39, 0.29) is 17.9 Å². The summed E-state index contributed by atoms with van der Waals surface area (Å²) < 4.78 is 4.05. The molecule has 1 amide bonds. The molecule has 0 radical (unpaired) electrons. The van der Waals surface area contributed by atoms with Crippen molar-refractivity contribution < 1.29 is 4.79 Å². The second-order valence-corrected chi connectivity index (χ2v) is 9.06. The van der Waals surface area contributed by atoms with Crippen molar-refractivity contribution in [1.29, 1.82) is 0 Å². The van der Waals surface area contributed by atoms with E-state index < -0.39 is 0 Å². The normalized spacial score (nSPS) is 13.7. The summed E-state index contributed by atoms with van der Waals surface area (Å²) in [6.45, 7) is 6.06. The number of nitrogens with one attached hydrogen (secondary N) is 1. The summed E-state index contributed by atoms with van der Waals surface area (Å²) in [6.07, 6.45) is 4.40. The number of nitrogens with zero attached hydrogens (tertiary/aromatic N) is 4. The summed E-state index contributed by atoms with van der Waals surface area (Å²) in [6, 6.07) is 0. The Morgan fingerprint density at radius 3 is 2.71 bits per heavy atom. The van der Waals surface area contributed by atoms with Crippen molar-refractivity contribution in [3.63, 3.8) is 0 Å². The number of hydrogen-bond donors (Lipinski definition) is 1. The Labute approximate surface area is 174 Å². The lowest BCUT2D eigenvalue weighted by Crippen LogP contribution is -2.36. The first-order valence-corrected chi connectivity index (χ1v) is 11.0. The monoisotopic (exact) mass is 463 g/mol. The van der Waals surface area contributed by atoms with Crippen molar-refractivity contribution in [2.75, 3.05) is 5.43 Å². The number of thiophene rings is 1. The van der Waals surface area contributed by atoms with E-state index in [1.54, 1.807) is 22.9 Å². The van der Waals surface area contributed by atoms with Gasteiger partial charge in [0.15, 0.2) is 0 Å². The summed E-state index contributed by atoms with van der Waals surface area (Å²) >= 11 is 5.11. The Morgan fingerprint density at radius 1 is 1.25 bits per heavy atom. The molecule has 0 bridgehead atoms. The first kappa shape index (κ1) is 19.3. The van der Waals surface area contributed by atoms with Crippen LogP contribution in [-0.2, 0) is 24.2 Å². The van der Waals surface area contributed by atoms with Gasteiger partial charge in [0.25, 0.3) is 5.56 Å². The fourth-order valence-corrected chi connectivity index (χ4v) is 5.30. The van der Waals surface area contributed by atoms with Crippen LogP contribution in [0.2, 0.25) is 0 Å². The molecule has 3 heterocycles. The van der Waals surface area contributed by atoms with Gasteiger partial charge in [-0.3, -0.25) is 19.7 Å². The van der Waals surface area contributed by atoms with Crippen LogP contribution >= 0.6 is 27.3 Å². The van der Waals surface area contributed by atoms with Gasteiger partial charge in [0.1, 0.15) is 10.7 Å². The fourth-order valence-electron chi connectivity index (χ4n) is 3.72. The van der Waals surface area contributed by atoms with Gasteiger partial charge in [-0.2, -0.15) is 5.10 Å². The third kappa shape index (κ3) is 3.30. The molecule has 3 aromatic rings. The third-order valence-electron chi connectivity index (χ3n) is 5.24. The van der Waals surface area contributed by atoms with Crippen molar-refractivity contribution >= 4 is 43.4 Å². The minimum absolute atomic E-state index is 0.177. The zero-order valence-corrected chi connectivity index (χ0v) is 18.5. The lowest BCUT2D eigenvalue weighted by atomic mass is 9.97. The highest BCUT2D eigenvalue weighted by atomic mass is 79.9. The van der Waals surface area contributed by atoms with E-state index >= 15 is 0 Å². The van der Waals surface area contributed by atoms with Gasteiger partial charge in [0.05, 0.1) is 22.1 Å². The van der Waals surface area contributed by atoms with E-state index in [9.17, 15) is 9.59 Å². The SMILES string of the molecule is Cc1nn(CCC(=O)Nn2c(C)nc3sc4c(c3c2=O)CCCC4)c(C)c1Br. The Hall–Kier alpha value is -2.00. The number of amides is 1. The minimum atomic E-state index is -0.237. The van der Waals surface area contributed by atoms with E-state index in [0.29, 0.717) is 17.8 Å². The lowest BCUT2D eigenvalue weighted by Gasteiger charge is -2.13. The Balaban J connectivity index is 1.58. The number of aryl methyl sites for hydroxylation is 5. The molecule has 1 aliphatic carbocycles. The smallest absolute Gasteiger partial charge is 0.273 e. The Bertz CT molecular complexity index is 1140. The van der Waals surface area contributed by atoms with Crippen LogP contribution in [-0.4, -0.2) is 25.3 Å². The summed E-state index contributed by atoms with van der Waals surface area (Å²) in [5, 5.41) is 5.09. The number of halogens is 1. The predicted octanol–water partition coefficient (Wildman–Crippen LogP) is 3.38. The number of carbonyl (C=O) groups excluding carboxylic acids is 1. The highest BCUT2D eigenvalue weighted by Gasteiger charge is 2.22. The van der Waals surface area contributed by atoms with Crippen molar-refractivity contribution in [3.05, 3.63) is 42.5 Å². The number of fused-ring (bicyclic) bond motifs is 3. The zero-order chi connectivity index (χ0) is 20.0. The quantitative estimate of drug-likeness (QED) is 0.642. The molecule has 0 aliphatic heterocycles. The van der Waals surface area contributed by atoms with Crippen molar-refractivity contribution in [2.45, 2.75) is 59.4 Å². The van der Waals surface area contributed by atoms with Crippen LogP contribution in [0.5, 0.6) is 0 Å². The van der Waals surface area contributed by atoms with E-state index in [1.807, 2.05) is 13.8 Å². The molecule has 0 spiro atoms. The van der Waals surface area contributed by atoms with Crippen molar-refractivity contribution in [2.24, 2.45) is 0 Å². The van der Waals surface area contributed by atoms with E-state index in [1.165, 1.54) is 9.55 Å². The minimum Gasteiger partial charge on any atom is -0.273 e. The maximum Gasteiger partial charge on any atom is 0.281 e. The molecule has 0 aromatic carbocycles. The maximum absolute atomic E-state index is 13.1. The molecule has 0 saturated carbocycles. The molecule has 0 fully saturated rings. The molecule has 1 N–H and O–H groups in total. The summed E-state index contributed by atoms with van der Waals surface area (Å²) in [7, 11) is 0. The standard InChI is InChI=1S/C19H22BrN5O2S/c1-10-17(20)11(2)24(22-10)9-8-15(26)23-25-12(3)21-18-16(19(25)27)13-6-4-5-7-14(13)28-18/h4-9H2,1-3H3,(H,23,26). The van der Waals surface area contributed by atoms with Gasteiger partial charge in [-0.1, -0.05) is 0 Å². The van der Waals surface area contributed by atoms with E-state index in [4.69, 9.17) is 0 Å². The van der Waals surface area contributed by atoms with Gasteiger partial charge in [0, 0.05) is 17.0 Å². The van der Waals surface area contributed by atoms with Crippen LogP contribution in [0.4, 0.5) is 0 Å². The summed E-state index contributed by atoms with van der Waals surface area (Å²) in [5.41, 5.74) is 5.55. The topological polar surface area (TPSA) is 81.8 Å². The lowest BCUT2D eigenvalue weighted by molar-refractivity contribution is -0.117. The highest BCUT2D eigenvalue weighted by Crippen LogP contribution is 2.33. The largest absolute Gasteiger partial charge is 0.281 e. The van der Waals surface area contributed by atoms with Crippen molar-refractivity contribution in [3.8, 4) is 0 Å². The van der Waals surface area contributed by atoms with Crippen LogP contribution in [0, 0.1) is 20.8 Å². The average molecular weight is 464 g/mol. The van der Waals surface area contributed by atoms with Gasteiger partial charge >= 0.3 is 0 Å². The van der Waals surface area contributed by atoms with Crippen LogP contribution in [0.25, 0.3) is 10.2 Å². The van der Waals surface area contributed by atoms with E-state index in [0.717, 1.165) is 51.9 Å². The summed E-state index contributed by atoms with van der Waals surface area (Å²) in [5.74, 6) is 0.262. The molecule has 1 aliphatic rings. The second kappa shape index (κ2) is 7.44. The number of carbonyl (C=O) groups is 1. The van der Waals surface area contributed by atoms with Gasteiger partial charge in [-0.25, -0.2) is 9.66 Å². The number of hydrogen-bond acceptors (Lipinski definition) is 5. The van der Waals surface area contributed by atoms with Gasteiger partial charge < -0.3 is 0 Å². The molecule has 28 heavy (non-hydrogen) atoms. The number of aromatic nitrogens is 4. The van der Waals surface area contributed by atoms with Crippen LogP contribution in [0.3, 0.4) is 0 Å². The zero-order valence-electron chi connectivity index (χ0n) is 16.1. The average Bonchev–Trinajstić information content (AvgIpc) is 3.15. The van der Waals surface area contributed by atoms with Crippen molar-refractivity contribution in [1.82, 2.24) is 19.4 Å². The predicted molar refractivity (Wildman–Crippen MR) is 114 cm³/mol. The molecule has 3 aromatic heterocycles. The molecule has 0 unspecified atom stereocenters. The first-order valence-electron chi connectivity index (χ1n) is 9.40. The highest BCUT2D eigenvalue weighted by molar-refractivity contribution is 9.10. The van der Waals surface area contributed by atoms with E-state index in [2.05, 4.69) is 31.4 Å². The molecule has 9 heteroatoms. The molecule has 148 valence electrons. The molecule has 0 atom stereocenters. The fraction of sp³-hybridized carbons (Fsp3) is 0.474. The Morgan fingerprint density at radius 2 is 2.00 bits per heavy atom. The molecular weight excluding hydrogens is 442 g/mol. The first-order chi connectivity index (χ1) is 13.4. The van der Waals surface area contributed by atoms with Gasteiger partial charge in [-0.15, -0.1) is 11.3 Å². The van der Waals surface area contributed by atoms with Crippen LogP contribution in [0.15, 0.2) is 9.27 Å². The maximum atomic E-state index is 13.1. The molecule has 4 rings (SSSR count). The van der Waals surface area contributed by atoms with Crippen LogP contribution in [0.1, 0.15) is 46.9 Å². The Kier molecular flexibility index (Phi) is 5.13. The third-order valence-corrected chi connectivity index (χ3v) is 7.57.